The molecule has 4 rings (SSSR count). The molecule has 0 spiro atoms. The highest BCUT2D eigenvalue weighted by Crippen LogP contribution is 2.70. The summed E-state index contributed by atoms with van der Waals surface area (Å²) in [5, 5.41) is 0. The second-order valence-corrected chi connectivity index (χ2v) is 18.4. The van der Waals surface area contributed by atoms with Crippen LogP contribution in [0.4, 0.5) is 5.69 Å². The van der Waals surface area contributed by atoms with Gasteiger partial charge in [-0.2, -0.15) is 8.42 Å². The second-order valence-electron chi connectivity index (χ2n) is 14.0. The number of carbonyl (C=O) groups is 2. The lowest BCUT2D eigenvalue weighted by Crippen LogP contribution is -2.27. The lowest BCUT2D eigenvalue weighted by molar-refractivity contribution is -0.158. The summed E-state index contributed by atoms with van der Waals surface area (Å²) < 4.78 is 57.1. The fraction of sp³-hybridized carbons (Fsp3) is 0.333. The van der Waals surface area contributed by atoms with Gasteiger partial charge in [0.05, 0.1) is 4.90 Å². The Balaban J connectivity index is 1.83. The topological polar surface area (TPSA) is 118 Å². The van der Waals surface area contributed by atoms with Crippen LogP contribution in [0.15, 0.2) is 117 Å². The molecule has 0 amide bonds. The number of anilines is 1. The Morgan fingerprint density at radius 2 is 0.922 bits per heavy atom. The third-order valence-corrected chi connectivity index (χ3v) is 12.2. The molecule has 274 valence electrons. The van der Waals surface area contributed by atoms with Crippen molar-refractivity contribution in [1.29, 1.82) is 0 Å². The standard InChI is InChI=1S/C39H47NO9S2/c1-28-10-18-35(19-11-28)51(43,44)49-50(32-20-12-29(13-21-32)40(8)9,33-22-14-30(15-23-33)45-26-36(41)47-38(2,3)4)34-24-16-31(17-25-34)46-27-37(42)48-39(5,6)7/h10-25H,26-27H2,1-9H3. The monoisotopic (exact) mass is 737 g/mol. The summed E-state index contributed by atoms with van der Waals surface area (Å²) in [6.07, 6.45) is 0. The van der Waals surface area contributed by atoms with E-state index in [1.54, 1.807) is 102 Å². The Kier molecular flexibility index (Phi) is 12.2. The highest BCUT2D eigenvalue weighted by atomic mass is 32.3. The van der Waals surface area contributed by atoms with E-state index in [9.17, 15) is 18.0 Å². The maximum absolute atomic E-state index is 14.2. The van der Waals surface area contributed by atoms with Crippen molar-refractivity contribution in [3.8, 4) is 11.5 Å². The molecule has 0 N–H and O–H groups in total. The van der Waals surface area contributed by atoms with Gasteiger partial charge >= 0.3 is 22.1 Å². The van der Waals surface area contributed by atoms with Crippen molar-refractivity contribution in [3.05, 3.63) is 103 Å². The second kappa shape index (κ2) is 15.8. The van der Waals surface area contributed by atoms with Gasteiger partial charge in [0, 0.05) is 34.5 Å². The third-order valence-electron chi connectivity index (χ3n) is 7.05. The number of nitrogens with zero attached hydrogens (tertiary/aromatic N) is 1. The van der Waals surface area contributed by atoms with E-state index in [1.165, 1.54) is 12.1 Å². The van der Waals surface area contributed by atoms with Crippen LogP contribution in [-0.4, -0.2) is 58.9 Å². The predicted molar refractivity (Wildman–Crippen MR) is 198 cm³/mol. The molecule has 0 aliphatic heterocycles. The number of hydrogen-bond acceptors (Lipinski definition) is 10. The van der Waals surface area contributed by atoms with E-state index in [0.717, 1.165) is 11.3 Å². The first-order valence-corrected chi connectivity index (χ1v) is 19.3. The molecule has 0 aliphatic carbocycles. The van der Waals surface area contributed by atoms with Crippen molar-refractivity contribution >= 4 is 38.1 Å². The first kappa shape index (κ1) is 39.3. The Morgan fingerprint density at radius 3 is 1.27 bits per heavy atom. The summed E-state index contributed by atoms with van der Waals surface area (Å²) in [5.41, 5.74) is 0.485. The maximum atomic E-state index is 14.2. The number of esters is 2. The first-order valence-electron chi connectivity index (χ1n) is 16.3. The highest BCUT2D eigenvalue weighted by molar-refractivity contribution is 8.33. The zero-order valence-corrected chi connectivity index (χ0v) is 32.2. The van der Waals surface area contributed by atoms with Gasteiger partial charge in [0.1, 0.15) is 22.7 Å². The van der Waals surface area contributed by atoms with Crippen molar-refractivity contribution in [3.63, 3.8) is 0 Å². The minimum atomic E-state index is -4.36. The maximum Gasteiger partial charge on any atom is 0.344 e. The molecular formula is C39H47NO9S2. The number of aryl methyl sites for hydroxylation is 1. The summed E-state index contributed by atoms with van der Waals surface area (Å²) in [5.74, 6) is -0.274. The largest absolute Gasteiger partial charge is 0.482 e. The third kappa shape index (κ3) is 10.7. The van der Waals surface area contributed by atoms with Gasteiger partial charge in [0.2, 0.25) is 0 Å². The van der Waals surface area contributed by atoms with Crippen LogP contribution in [0.25, 0.3) is 0 Å². The van der Waals surface area contributed by atoms with Crippen LogP contribution in [0.1, 0.15) is 47.1 Å². The molecule has 0 unspecified atom stereocenters. The minimum absolute atomic E-state index is 0.00418. The van der Waals surface area contributed by atoms with E-state index in [1.807, 2.05) is 50.2 Å². The molecule has 0 aliphatic rings. The average molecular weight is 738 g/mol. The van der Waals surface area contributed by atoms with Crippen molar-refractivity contribution in [2.45, 2.75) is 79.3 Å². The van der Waals surface area contributed by atoms with E-state index < -0.39 is 43.6 Å². The molecular weight excluding hydrogens is 691 g/mol. The van der Waals surface area contributed by atoms with Crippen LogP contribution in [0.2, 0.25) is 0 Å². The number of benzene rings is 4. The zero-order chi connectivity index (χ0) is 37.6. The van der Waals surface area contributed by atoms with Gasteiger partial charge in [-0.25, -0.2) is 13.2 Å². The average Bonchev–Trinajstić information content (AvgIpc) is 3.04. The molecule has 0 fully saturated rings. The van der Waals surface area contributed by atoms with Crippen molar-refractivity contribution in [2.24, 2.45) is 0 Å². The molecule has 0 aromatic heterocycles. The summed E-state index contributed by atoms with van der Waals surface area (Å²) in [6, 6.07) is 27.6. The van der Waals surface area contributed by atoms with E-state index in [4.69, 9.17) is 22.6 Å². The molecule has 51 heavy (non-hydrogen) atoms. The smallest absolute Gasteiger partial charge is 0.344 e. The fourth-order valence-corrected chi connectivity index (χ4v) is 10.00. The number of rotatable bonds is 13. The predicted octanol–water partition coefficient (Wildman–Crippen LogP) is 8.10. The fourth-order valence-electron chi connectivity index (χ4n) is 4.82. The molecule has 4 aromatic rings. The summed E-state index contributed by atoms with van der Waals surface area (Å²) in [6.45, 7) is 11.9. The van der Waals surface area contributed by atoms with Gasteiger partial charge in [0.15, 0.2) is 13.2 Å². The number of hydrogen-bond donors (Lipinski definition) is 0. The molecule has 4 aromatic carbocycles. The Morgan fingerprint density at radius 1 is 0.569 bits per heavy atom. The van der Waals surface area contributed by atoms with E-state index in [-0.39, 0.29) is 18.1 Å². The van der Waals surface area contributed by atoms with Crippen LogP contribution in [0.5, 0.6) is 11.5 Å². The van der Waals surface area contributed by atoms with Crippen LogP contribution in [-0.2, 0) is 32.8 Å². The van der Waals surface area contributed by atoms with Crippen LogP contribution < -0.4 is 14.4 Å². The van der Waals surface area contributed by atoms with Crippen LogP contribution in [0, 0.1) is 6.92 Å². The van der Waals surface area contributed by atoms with Gasteiger partial charge in [-0.1, -0.05) is 17.7 Å². The normalized spacial score (nSPS) is 12.5. The van der Waals surface area contributed by atoms with Gasteiger partial charge in [-0.15, -0.1) is 0 Å². The molecule has 0 bridgehead atoms. The minimum Gasteiger partial charge on any atom is -0.482 e. The molecule has 10 nitrogen and oxygen atoms in total. The molecule has 0 saturated carbocycles. The van der Waals surface area contributed by atoms with Crippen LogP contribution in [0.3, 0.4) is 0 Å². The van der Waals surface area contributed by atoms with Crippen molar-refractivity contribution < 1.29 is 40.6 Å². The summed E-state index contributed by atoms with van der Waals surface area (Å²) in [4.78, 5) is 28.3. The lowest BCUT2D eigenvalue weighted by Gasteiger charge is -2.39. The van der Waals surface area contributed by atoms with E-state index in [2.05, 4.69) is 0 Å². The summed E-state index contributed by atoms with van der Waals surface area (Å²) >= 11 is 0. The molecule has 0 radical (unpaired) electrons. The van der Waals surface area contributed by atoms with Gasteiger partial charge < -0.3 is 23.8 Å². The zero-order valence-electron chi connectivity index (χ0n) is 30.6. The Hall–Kier alpha value is -4.52. The quantitative estimate of drug-likeness (QED) is 0.125. The van der Waals surface area contributed by atoms with E-state index >= 15 is 0 Å². The van der Waals surface area contributed by atoms with Crippen molar-refractivity contribution in [2.75, 3.05) is 32.2 Å². The molecule has 0 atom stereocenters. The van der Waals surface area contributed by atoms with Gasteiger partial charge in [-0.3, -0.25) is 0 Å². The van der Waals surface area contributed by atoms with Crippen LogP contribution >= 0.6 is 10.3 Å². The lowest BCUT2D eigenvalue weighted by atomic mass is 10.2. The highest BCUT2D eigenvalue weighted by Gasteiger charge is 2.39. The van der Waals surface area contributed by atoms with E-state index in [0.29, 0.717) is 26.2 Å². The van der Waals surface area contributed by atoms with Gasteiger partial charge in [-0.05, 0) is 144 Å². The number of ether oxygens (including phenoxy) is 4. The SMILES string of the molecule is Cc1ccc(S(=O)(=O)OS(c2ccc(OCC(=O)OC(C)(C)C)cc2)(c2ccc(OCC(=O)OC(C)(C)C)cc2)c2ccc(N(C)C)cc2)cc1. The molecule has 0 heterocycles. The molecule has 12 heteroatoms. The van der Waals surface area contributed by atoms with Gasteiger partial charge in [0.25, 0.3) is 0 Å². The number of carbonyl (C=O) groups excluding carboxylic acids is 2. The van der Waals surface area contributed by atoms with Crippen molar-refractivity contribution in [1.82, 2.24) is 0 Å². The summed E-state index contributed by atoms with van der Waals surface area (Å²) in [7, 11) is -3.57. The first-order chi connectivity index (χ1) is 23.8. The Labute approximate surface area is 303 Å². The molecule has 0 saturated heterocycles. The Bertz CT molecular complexity index is 1820.